The summed E-state index contributed by atoms with van der Waals surface area (Å²) in [4.78, 5) is 16.7. The maximum atomic E-state index is 12.3. The molecule has 1 aliphatic rings. The largest absolute Gasteiger partial charge is 0.294 e. The van der Waals surface area contributed by atoms with Gasteiger partial charge in [-0.2, -0.15) is 0 Å². The smallest absolute Gasteiger partial charge is 0.165 e. The lowest BCUT2D eigenvalue weighted by Crippen LogP contribution is -2.21. The number of aryl methyl sites for hydroxylation is 1. The van der Waals surface area contributed by atoms with Crippen LogP contribution in [0.3, 0.4) is 0 Å². The predicted octanol–water partition coefficient (Wildman–Crippen LogP) is 3.96. The fourth-order valence-corrected chi connectivity index (χ4v) is 2.98. The molecule has 0 bridgehead atoms. The van der Waals surface area contributed by atoms with E-state index in [1.807, 2.05) is 37.3 Å². The van der Waals surface area contributed by atoms with Crippen LogP contribution < -0.4 is 0 Å². The number of hydrogen-bond donors (Lipinski definition) is 0. The molecule has 1 heterocycles. The van der Waals surface area contributed by atoms with E-state index >= 15 is 0 Å². The summed E-state index contributed by atoms with van der Waals surface area (Å²) in [6.07, 6.45) is 3.13. The van der Waals surface area contributed by atoms with E-state index in [1.54, 1.807) is 6.20 Å². The van der Waals surface area contributed by atoms with Gasteiger partial charge in [-0.3, -0.25) is 9.78 Å². The molecule has 1 atom stereocenters. The zero-order chi connectivity index (χ0) is 13.4. The van der Waals surface area contributed by atoms with Gasteiger partial charge < -0.3 is 0 Å². The molecule has 2 aromatic rings. The SMILES string of the molecule is Cc1ccnc2c1C(=O)C[C@@H](c1cccc(Cl)c1)C2. The molecule has 0 aliphatic heterocycles. The Balaban J connectivity index is 2.00. The zero-order valence-corrected chi connectivity index (χ0v) is 11.4. The van der Waals surface area contributed by atoms with E-state index in [9.17, 15) is 4.79 Å². The second-order valence-corrected chi connectivity index (χ2v) is 5.47. The molecule has 0 spiro atoms. The van der Waals surface area contributed by atoms with Crippen molar-refractivity contribution in [2.45, 2.75) is 25.7 Å². The van der Waals surface area contributed by atoms with Gasteiger partial charge in [0.1, 0.15) is 0 Å². The van der Waals surface area contributed by atoms with Crippen LogP contribution in [0.25, 0.3) is 0 Å². The predicted molar refractivity (Wildman–Crippen MR) is 75.8 cm³/mol. The van der Waals surface area contributed by atoms with Crippen molar-refractivity contribution >= 4 is 17.4 Å². The van der Waals surface area contributed by atoms with Crippen LogP contribution in [0, 0.1) is 6.92 Å². The molecule has 0 amide bonds. The number of carbonyl (C=O) groups excluding carboxylic acids is 1. The maximum absolute atomic E-state index is 12.3. The van der Waals surface area contributed by atoms with Gasteiger partial charge in [-0.15, -0.1) is 0 Å². The van der Waals surface area contributed by atoms with Crippen LogP contribution in [0.2, 0.25) is 5.02 Å². The number of halogens is 1. The molecule has 96 valence electrons. The summed E-state index contributed by atoms with van der Waals surface area (Å²) in [5.74, 6) is 0.379. The molecule has 0 saturated heterocycles. The second-order valence-electron chi connectivity index (χ2n) is 5.03. The number of pyridine rings is 1. The van der Waals surface area contributed by atoms with E-state index in [2.05, 4.69) is 4.98 Å². The Bertz CT molecular complexity index is 651. The van der Waals surface area contributed by atoms with Crippen LogP contribution in [-0.4, -0.2) is 10.8 Å². The van der Waals surface area contributed by atoms with Crippen LogP contribution in [0.1, 0.15) is 39.5 Å². The molecule has 0 unspecified atom stereocenters. The van der Waals surface area contributed by atoms with E-state index in [0.717, 1.165) is 28.8 Å². The summed E-state index contributed by atoms with van der Waals surface area (Å²) in [5.41, 5.74) is 3.89. The molecule has 1 aromatic carbocycles. The summed E-state index contributed by atoms with van der Waals surface area (Å²) in [6, 6.07) is 9.66. The van der Waals surface area contributed by atoms with Crippen LogP contribution in [0.15, 0.2) is 36.5 Å². The van der Waals surface area contributed by atoms with Crippen LogP contribution in [0.5, 0.6) is 0 Å². The fraction of sp³-hybridized carbons (Fsp3) is 0.250. The lowest BCUT2D eigenvalue weighted by molar-refractivity contribution is 0.0962. The van der Waals surface area contributed by atoms with Crippen molar-refractivity contribution in [3.63, 3.8) is 0 Å². The Labute approximate surface area is 117 Å². The van der Waals surface area contributed by atoms with Gasteiger partial charge in [0.25, 0.3) is 0 Å². The van der Waals surface area contributed by atoms with Gasteiger partial charge in [-0.05, 0) is 48.6 Å². The molecule has 1 aliphatic carbocycles. The Kier molecular flexibility index (Phi) is 3.11. The van der Waals surface area contributed by atoms with Gasteiger partial charge in [0.2, 0.25) is 0 Å². The topological polar surface area (TPSA) is 30.0 Å². The minimum absolute atomic E-state index is 0.188. The first-order valence-corrected chi connectivity index (χ1v) is 6.76. The summed E-state index contributed by atoms with van der Waals surface area (Å²) < 4.78 is 0. The zero-order valence-electron chi connectivity index (χ0n) is 10.7. The number of nitrogens with zero attached hydrogens (tertiary/aromatic N) is 1. The van der Waals surface area contributed by atoms with Crippen molar-refractivity contribution in [3.05, 3.63) is 63.9 Å². The highest BCUT2D eigenvalue weighted by Gasteiger charge is 2.28. The molecular weight excluding hydrogens is 258 g/mol. The summed E-state index contributed by atoms with van der Waals surface area (Å²) in [7, 11) is 0. The van der Waals surface area contributed by atoms with Crippen LogP contribution in [-0.2, 0) is 6.42 Å². The van der Waals surface area contributed by atoms with Crippen molar-refractivity contribution in [1.82, 2.24) is 4.98 Å². The standard InChI is InChI=1S/C16H14ClNO/c1-10-5-6-18-14-8-12(9-15(19)16(10)14)11-3-2-4-13(17)7-11/h2-7,12H,8-9H2,1H3/t12-/m0/s1. The van der Waals surface area contributed by atoms with Gasteiger partial charge in [0.15, 0.2) is 5.78 Å². The average molecular weight is 272 g/mol. The van der Waals surface area contributed by atoms with Crippen molar-refractivity contribution in [2.75, 3.05) is 0 Å². The highest BCUT2D eigenvalue weighted by molar-refractivity contribution is 6.30. The summed E-state index contributed by atoms with van der Waals surface area (Å²) in [5, 5.41) is 0.716. The molecule has 0 radical (unpaired) electrons. The number of Topliss-reactive ketones (excluding diaryl/α,β-unsaturated/α-hetero) is 1. The van der Waals surface area contributed by atoms with E-state index < -0.39 is 0 Å². The third-order valence-corrected chi connectivity index (χ3v) is 3.94. The summed E-state index contributed by atoms with van der Waals surface area (Å²) >= 11 is 6.03. The van der Waals surface area contributed by atoms with E-state index in [0.29, 0.717) is 11.4 Å². The van der Waals surface area contributed by atoms with Gasteiger partial charge in [-0.25, -0.2) is 0 Å². The molecule has 3 rings (SSSR count). The van der Waals surface area contributed by atoms with Gasteiger partial charge >= 0.3 is 0 Å². The first kappa shape index (κ1) is 12.4. The third kappa shape index (κ3) is 2.28. The monoisotopic (exact) mass is 271 g/mol. The normalized spacial score (nSPS) is 18.2. The lowest BCUT2D eigenvalue weighted by atomic mass is 9.80. The Morgan fingerprint density at radius 2 is 2.11 bits per heavy atom. The number of benzene rings is 1. The molecule has 0 saturated carbocycles. The second kappa shape index (κ2) is 4.78. The van der Waals surface area contributed by atoms with Gasteiger partial charge in [-0.1, -0.05) is 23.7 Å². The van der Waals surface area contributed by atoms with Crippen molar-refractivity contribution in [2.24, 2.45) is 0 Å². The first-order chi connectivity index (χ1) is 9.15. The third-order valence-electron chi connectivity index (χ3n) is 3.71. The quantitative estimate of drug-likeness (QED) is 0.786. The molecule has 2 nitrogen and oxygen atoms in total. The number of rotatable bonds is 1. The molecule has 0 fully saturated rings. The van der Waals surface area contributed by atoms with E-state index in [-0.39, 0.29) is 11.7 Å². The Morgan fingerprint density at radius 1 is 1.26 bits per heavy atom. The number of ketones is 1. The number of fused-ring (bicyclic) bond motifs is 1. The maximum Gasteiger partial charge on any atom is 0.165 e. The molecule has 19 heavy (non-hydrogen) atoms. The highest BCUT2D eigenvalue weighted by Crippen LogP contribution is 2.33. The fourth-order valence-electron chi connectivity index (χ4n) is 2.78. The van der Waals surface area contributed by atoms with Crippen molar-refractivity contribution < 1.29 is 4.79 Å². The lowest BCUT2D eigenvalue weighted by Gasteiger charge is -2.24. The van der Waals surface area contributed by atoms with Crippen molar-refractivity contribution in [1.29, 1.82) is 0 Å². The van der Waals surface area contributed by atoms with Crippen LogP contribution >= 0.6 is 11.6 Å². The number of carbonyl (C=O) groups is 1. The highest BCUT2D eigenvalue weighted by atomic mass is 35.5. The minimum Gasteiger partial charge on any atom is -0.294 e. The van der Waals surface area contributed by atoms with Crippen molar-refractivity contribution in [3.8, 4) is 0 Å². The van der Waals surface area contributed by atoms with Crippen LogP contribution in [0.4, 0.5) is 0 Å². The van der Waals surface area contributed by atoms with E-state index in [4.69, 9.17) is 11.6 Å². The minimum atomic E-state index is 0.188. The first-order valence-electron chi connectivity index (χ1n) is 6.38. The summed E-state index contributed by atoms with van der Waals surface area (Å²) in [6.45, 7) is 1.97. The average Bonchev–Trinajstić information content (AvgIpc) is 2.38. The van der Waals surface area contributed by atoms with E-state index in [1.165, 1.54) is 0 Å². The molecular formula is C16H14ClNO. The molecule has 1 aromatic heterocycles. The molecule has 3 heteroatoms. The van der Waals surface area contributed by atoms with Gasteiger partial charge in [0.05, 0.1) is 5.69 Å². The Morgan fingerprint density at radius 3 is 2.89 bits per heavy atom. The number of hydrogen-bond acceptors (Lipinski definition) is 2. The van der Waals surface area contributed by atoms with Gasteiger partial charge in [0, 0.05) is 23.2 Å². The Hall–Kier alpha value is -1.67. The molecule has 0 N–H and O–H groups in total. The number of aromatic nitrogens is 1.